The third kappa shape index (κ3) is 3.14. The van der Waals surface area contributed by atoms with Gasteiger partial charge < -0.3 is 10.6 Å². The van der Waals surface area contributed by atoms with Crippen LogP contribution in [0.1, 0.15) is 53.8 Å². The standard InChI is InChI=1S/C17H30N4/c1-7-9-18-14-10-15(21-13(8-2)20-14)19-11-12-16(3,4)17(12,5)6/h10,12H,7-9,11H2,1-6H3,(H2,18,19,20,21). The van der Waals surface area contributed by atoms with Gasteiger partial charge >= 0.3 is 0 Å². The summed E-state index contributed by atoms with van der Waals surface area (Å²) < 4.78 is 0. The summed E-state index contributed by atoms with van der Waals surface area (Å²) in [7, 11) is 0. The number of anilines is 2. The summed E-state index contributed by atoms with van der Waals surface area (Å²) in [6, 6.07) is 2.02. The quantitative estimate of drug-likeness (QED) is 0.798. The van der Waals surface area contributed by atoms with Crippen molar-refractivity contribution in [1.29, 1.82) is 0 Å². The molecule has 4 heteroatoms. The van der Waals surface area contributed by atoms with Crippen LogP contribution in [0.5, 0.6) is 0 Å². The van der Waals surface area contributed by atoms with Gasteiger partial charge in [0.1, 0.15) is 17.5 Å². The number of rotatable bonds is 7. The Morgan fingerprint density at radius 1 is 1.00 bits per heavy atom. The minimum Gasteiger partial charge on any atom is -0.370 e. The molecular formula is C17H30N4. The summed E-state index contributed by atoms with van der Waals surface area (Å²) in [6.07, 6.45) is 1.95. The van der Waals surface area contributed by atoms with E-state index in [4.69, 9.17) is 0 Å². The zero-order valence-corrected chi connectivity index (χ0v) is 14.4. The molecule has 1 fully saturated rings. The molecule has 0 amide bonds. The SMILES string of the molecule is CCCNc1cc(NCC2C(C)(C)C2(C)C)nc(CC)n1. The van der Waals surface area contributed by atoms with E-state index in [0.717, 1.165) is 43.4 Å². The highest BCUT2D eigenvalue weighted by atomic mass is 15.1. The lowest BCUT2D eigenvalue weighted by atomic mass is 10.0. The maximum absolute atomic E-state index is 4.59. The minimum atomic E-state index is 0.407. The van der Waals surface area contributed by atoms with Crippen molar-refractivity contribution in [2.75, 3.05) is 23.7 Å². The van der Waals surface area contributed by atoms with E-state index in [1.54, 1.807) is 0 Å². The molecule has 2 rings (SSSR count). The highest BCUT2D eigenvalue weighted by Gasteiger charge is 2.64. The van der Waals surface area contributed by atoms with Gasteiger partial charge in [0.25, 0.3) is 0 Å². The zero-order valence-electron chi connectivity index (χ0n) is 14.4. The Morgan fingerprint density at radius 2 is 1.57 bits per heavy atom. The first-order valence-corrected chi connectivity index (χ1v) is 8.18. The van der Waals surface area contributed by atoms with Crippen LogP contribution in [0.4, 0.5) is 11.6 Å². The fraction of sp³-hybridized carbons (Fsp3) is 0.765. The first kappa shape index (κ1) is 16.1. The second-order valence-corrected chi connectivity index (χ2v) is 7.21. The molecule has 1 saturated carbocycles. The first-order valence-electron chi connectivity index (χ1n) is 8.18. The molecule has 1 heterocycles. The van der Waals surface area contributed by atoms with Crippen molar-refractivity contribution in [2.45, 2.75) is 54.4 Å². The smallest absolute Gasteiger partial charge is 0.132 e. The van der Waals surface area contributed by atoms with Gasteiger partial charge in [-0.05, 0) is 23.2 Å². The van der Waals surface area contributed by atoms with Crippen molar-refractivity contribution in [2.24, 2.45) is 16.7 Å². The first-order chi connectivity index (χ1) is 9.82. The van der Waals surface area contributed by atoms with E-state index in [2.05, 4.69) is 62.1 Å². The predicted octanol–water partition coefficient (Wildman–Crippen LogP) is 3.96. The van der Waals surface area contributed by atoms with Crippen LogP contribution in [0.2, 0.25) is 0 Å². The van der Waals surface area contributed by atoms with E-state index in [9.17, 15) is 0 Å². The van der Waals surface area contributed by atoms with Crippen molar-refractivity contribution in [3.8, 4) is 0 Å². The van der Waals surface area contributed by atoms with Gasteiger partial charge in [0.15, 0.2) is 0 Å². The van der Waals surface area contributed by atoms with E-state index >= 15 is 0 Å². The number of nitrogens with zero attached hydrogens (tertiary/aromatic N) is 2. The van der Waals surface area contributed by atoms with E-state index in [-0.39, 0.29) is 0 Å². The molecule has 1 aromatic heterocycles. The van der Waals surface area contributed by atoms with Crippen LogP contribution in [0.3, 0.4) is 0 Å². The van der Waals surface area contributed by atoms with Gasteiger partial charge in [-0.1, -0.05) is 41.5 Å². The average Bonchev–Trinajstić information content (AvgIpc) is 2.83. The Kier molecular flexibility index (Phi) is 4.45. The molecule has 1 aromatic rings. The van der Waals surface area contributed by atoms with Crippen molar-refractivity contribution in [1.82, 2.24) is 9.97 Å². The summed E-state index contributed by atoms with van der Waals surface area (Å²) in [5.41, 5.74) is 0.813. The molecule has 0 bridgehead atoms. The number of hydrogen-bond acceptors (Lipinski definition) is 4. The molecule has 1 aliphatic carbocycles. The van der Waals surface area contributed by atoms with Crippen LogP contribution in [0.15, 0.2) is 6.07 Å². The van der Waals surface area contributed by atoms with Gasteiger partial charge in [0, 0.05) is 25.6 Å². The molecule has 0 radical (unpaired) electrons. The Morgan fingerprint density at radius 3 is 2.05 bits per heavy atom. The van der Waals surface area contributed by atoms with E-state index in [1.165, 1.54) is 0 Å². The minimum absolute atomic E-state index is 0.407. The molecule has 4 nitrogen and oxygen atoms in total. The summed E-state index contributed by atoms with van der Waals surface area (Å²) >= 11 is 0. The number of aryl methyl sites for hydroxylation is 1. The Bertz CT molecular complexity index is 480. The average molecular weight is 290 g/mol. The van der Waals surface area contributed by atoms with Crippen molar-refractivity contribution in [3.63, 3.8) is 0 Å². The van der Waals surface area contributed by atoms with Crippen LogP contribution in [0, 0.1) is 16.7 Å². The van der Waals surface area contributed by atoms with Crippen LogP contribution >= 0.6 is 0 Å². The highest BCUT2D eigenvalue weighted by molar-refractivity contribution is 5.48. The fourth-order valence-electron chi connectivity index (χ4n) is 3.14. The highest BCUT2D eigenvalue weighted by Crippen LogP contribution is 2.68. The third-order valence-corrected chi connectivity index (χ3v) is 5.45. The van der Waals surface area contributed by atoms with Gasteiger partial charge in [-0.2, -0.15) is 0 Å². The normalized spacial score (nSPS) is 19.3. The van der Waals surface area contributed by atoms with Crippen LogP contribution < -0.4 is 10.6 Å². The topological polar surface area (TPSA) is 49.8 Å². The number of hydrogen-bond donors (Lipinski definition) is 2. The zero-order chi connectivity index (χ0) is 15.7. The van der Waals surface area contributed by atoms with Crippen molar-refractivity contribution >= 4 is 11.6 Å². The lowest BCUT2D eigenvalue weighted by Crippen LogP contribution is -2.12. The molecule has 0 spiro atoms. The van der Waals surface area contributed by atoms with Crippen molar-refractivity contribution in [3.05, 3.63) is 11.9 Å². The lowest BCUT2D eigenvalue weighted by Gasteiger charge is -2.11. The Hall–Kier alpha value is -1.32. The number of nitrogens with one attached hydrogen (secondary N) is 2. The van der Waals surface area contributed by atoms with Gasteiger partial charge in [-0.3, -0.25) is 0 Å². The molecule has 1 aliphatic rings. The monoisotopic (exact) mass is 290 g/mol. The second kappa shape index (κ2) is 5.82. The molecular weight excluding hydrogens is 260 g/mol. The summed E-state index contributed by atoms with van der Waals surface area (Å²) in [6.45, 7) is 15.6. The lowest BCUT2D eigenvalue weighted by molar-refractivity contribution is 0.457. The van der Waals surface area contributed by atoms with Gasteiger partial charge in [0.2, 0.25) is 0 Å². The molecule has 0 atom stereocenters. The summed E-state index contributed by atoms with van der Waals surface area (Å²) in [5, 5.41) is 6.87. The maximum Gasteiger partial charge on any atom is 0.132 e. The largest absolute Gasteiger partial charge is 0.370 e. The summed E-state index contributed by atoms with van der Waals surface area (Å²) in [4.78, 5) is 9.12. The number of aromatic nitrogens is 2. The molecule has 0 aliphatic heterocycles. The molecule has 21 heavy (non-hydrogen) atoms. The Balaban J connectivity index is 2.03. The molecule has 0 saturated heterocycles. The molecule has 0 aromatic carbocycles. The van der Waals surface area contributed by atoms with E-state index < -0.39 is 0 Å². The van der Waals surface area contributed by atoms with Gasteiger partial charge in [0.05, 0.1) is 0 Å². The maximum atomic E-state index is 4.59. The van der Waals surface area contributed by atoms with Crippen LogP contribution in [0.25, 0.3) is 0 Å². The summed E-state index contributed by atoms with van der Waals surface area (Å²) in [5.74, 6) is 3.46. The third-order valence-electron chi connectivity index (χ3n) is 5.45. The van der Waals surface area contributed by atoms with Crippen LogP contribution in [-0.4, -0.2) is 23.1 Å². The van der Waals surface area contributed by atoms with E-state index in [1.807, 2.05) is 6.07 Å². The predicted molar refractivity (Wildman–Crippen MR) is 89.7 cm³/mol. The molecule has 0 unspecified atom stereocenters. The fourth-order valence-corrected chi connectivity index (χ4v) is 3.14. The van der Waals surface area contributed by atoms with Crippen LogP contribution in [-0.2, 0) is 6.42 Å². The second-order valence-electron chi connectivity index (χ2n) is 7.21. The van der Waals surface area contributed by atoms with E-state index in [0.29, 0.717) is 16.7 Å². The van der Waals surface area contributed by atoms with Gasteiger partial charge in [-0.25, -0.2) is 9.97 Å². The molecule has 2 N–H and O–H groups in total. The van der Waals surface area contributed by atoms with Crippen molar-refractivity contribution < 1.29 is 0 Å². The molecule has 118 valence electrons. The van der Waals surface area contributed by atoms with Gasteiger partial charge in [-0.15, -0.1) is 0 Å². The Labute approximate surface area is 129 Å².